The molecule has 3 rings (SSSR count). The zero-order chi connectivity index (χ0) is 20.1. The number of hydrogen-bond donors (Lipinski definition) is 1. The summed E-state index contributed by atoms with van der Waals surface area (Å²) in [6, 6.07) is 18.1. The minimum Gasteiger partial charge on any atom is -0.484 e. The second-order valence-electron chi connectivity index (χ2n) is 5.85. The van der Waals surface area contributed by atoms with E-state index in [-0.39, 0.29) is 10.5 Å². The Morgan fingerprint density at radius 2 is 1.68 bits per heavy atom. The van der Waals surface area contributed by atoms with Gasteiger partial charge in [-0.1, -0.05) is 36.4 Å². The Morgan fingerprint density at radius 3 is 2.43 bits per heavy atom. The lowest BCUT2D eigenvalue weighted by Gasteiger charge is -2.10. The molecule has 0 aliphatic heterocycles. The van der Waals surface area contributed by atoms with Gasteiger partial charge in [-0.05, 0) is 41.1 Å². The predicted octanol–water partition coefficient (Wildman–Crippen LogP) is 2.51. The van der Waals surface area contributed by atoms with E-state index in [4.69, 9.17) is 4.74 Å². The molecule has 0 aliphatic rings. The highest BCUT2D eigenvalue weighted by atomic mass is 32.2. The van der Waals surface area contributed by atoms with E-state index in [9.17, 15) is 18.0 Å². The van der Waals surface area contributed by atoms with Gasteiger partial charge in [0.25, 0.3) is 15.9 Å². The SMILES string of the molecule is COC(=O)c1cccc(S(=O)(=O)NC(=O)COc2ccc3ccccc3c2)c1. The highest BCUT2D eigenvalue weighted by Crippen LogP contribution is 2.20. The Hall–Kier alpha value is -3.39. The van der Waals surface area contributed by atoms with E-state index < -0.39 is 28.5 Å². The molecule has 1 N–H and O–H groups in total. The second kappa shape index (κ2) is 8.10. The maximum Gasteiger partial charge on any atom is 0.337 e. The van der Waals surface area contributed by atoms with Gasteiger partial charge in [-0.25, -0.2) is 17.9 Å². The van der Waals surface area contributed by atoms with Crippen molar-refractivity contribution < 1.29 is 27.5 Å². The van der Waals surface area contributed by atoms with E-state index in [0.29, 0.717) is 5.75 Å². The minimum atomic E-state index is -4.15. The van der Waals surface area contributed by atoms with Gasteiger partial charge in [0.15, 0.2) is 6.61 Å². The number of methoxy groups -OCH3 is 1. The molecule has 0 spiro atoms. The number of benzene rings is 3. The van der Waals surface area contributed by atoms with E-state index in [1.807, 2.05) is 35.1 Å². The molecule has 3 aromatic rings. The van der Waals surface area contributed by atoms with Crippen LogP contribution < -0.4 is 9.46 Å². The summed E-state index contributed by atoms with van der Waals surface area (Å²) >= 11 is 0. The van der Waals surface area contributed by atoms with Gasteiger partial charge >= 0.3 is 5.97 Å². The largest absolute Gasteiger partial charge is 0.484 e. The summed E-state index contributed by atoms with van der Waals surface area (Å²) in [5.41, 5.74) is 0.0604. The van der Waals surface area contributed by atoms with Crippen molar-refractivity contribution in [3.05, 3.63) is 72.3 Å². The number of hydrogen-bond acceptors (Lipinski definition) is 6. The number of fused-ring (bicyclic) bond motifs is 1. The van der Waals surface area contributed by atoms with Crippen LogP contribution in [0.15, 0.2) is 71.6 Å². The lowest BCUT2D eigenvalue weighted by Crippen LogP contribution is -2.34. The van der Waals surface area contributed by atoms with Gasteiger partial charge in [-0.3, -0.25) is 4.79 Å². The Kier molecular flexibility index (Phi) is 5.60. The normalized spacial score (nSPS) is 11.0. The number of ether oxygens (including phenoxy) is 2. The first-order valence-electron chi connectivity index (χ1n) is 8.25. The zero-order valence-corrected chi connectivity index (χ0v) is 15.7. The van der Waals surface area contributed by atoms with Crippen LogP contribution in [0.1, 0.15) is 10.4 Å². The van der Waals surface area contributed by atoms with Crippen LogP contribution in [0.4, 0.5) is 0 Å². The van der Waals surface area contributed by atoms with Crippen LogP contribution in [0, 0.1) is 0 Å². The molecule has 0 heterocycles. The second-order valence-corrected chi connectivity index (χ2v) is 7.53. The average molecular weight is 399 g/mol. The molecule has 0 radical (unpaired) electrons. The molecular formula is C20H17NO6S. The number of carbonyl (C=O) groups excluding carboxylic acids is 2. The average Bonchev–Trinajstić information content (AvgIpc) is 2.71. The van der Waals surface area contributed by atoms with Crippen LogP contribution in [-0.2, 0) is 19.6 Å². The summed E-state index contributed by atoms with van der Waals surface area (Å²) in [5.74, 6) is -1.07. The lowest BCUT2D eigenvalue weighted by molar-refractivity contribution is -0.121. The standard InChI is InChI=1S/C20H17NO6S/c1-26-20(23)16-7-4-8-18(12-16)28(24,25)21-19(22)13-27-17-10-9-14-5-2-3-6-15(14)11-17/h2-12H,13H2,1H3,(H,21,22). The number of sulfonamides is 1. The van der Waals surface area contributed by atoms with Gasteiger partial charge < -0.3 is 9.47 Å². The monoisotopic (exact) mass is 399 g/mol. The number of nitrogens with one attached hydrogen (secondary N) is 1. The van der Waals surface area contributed by atoms with Crippen molar-refractivity contribution in [1.82, 2.24) is 4.72 Å². The Balaban J connectivity index is 1.67. The van der Waals surface area contributed by atoms with Gasteiger partial charge in [0.05, 0.1) is 17.6 Å². The first kappa shape index (κ1) is 19.4. The summed E-state index contributed by atoms with van der Waals surface area (Å²) in [7, 11) is -2.96. The molecule has 0 fully saturated rings. The van der Waals surface area contributed by atoms with Crippen LogP contribution in [0.3, 0.4) is 0 Å². The molecule has 0 saturated heterocycles. The first-order chi connectivity index (χ1) is 13.4. The van der Waals surface area contributed by atoms with Crippen LogP contribution in [-0.4, -0.2) is 34.0 Å². The van der Waals surface area contributed by atoms with Crippen LogP contribution >= 0.6 is 0 Å². The van der Waals surface area contributed by atoms with Crippen molar-refractivity contribution in [3.63, 3.8) is 0 Å². The Morgan fingerprint density at radius 1 is 0.929 bits per heavy atom. The molecule has 0 atom stereocenters. The maximum atomic E-state index is 12.4. The smallest absolute Gasteiger partial charge is 0.337 e. The Bertz CT molecular complexity index is 1140. The number of amides is 1. The third kappa shape index (κ3) is 4.47. The van der Waals surface area contributed by atoms with E-state index in [1.165, 1.54) is 25.3 Å². The number of carbonyl (C=O) groups is 2. The van der Waals surface area contributed by atoms with Crippen molar-refractivity contribution in [1.29, 1.82) is 0 Å². The third-order valence-electron chi connectivity index (χ3n) is 3.90. The Labute approximate surface area is 161 Å². The molecule has 28 heavy (non-hydrogen) atoms. The van der Waals surface area contributed by atoms with E-state index >= 15 is 0 Å². The topological polar surface area (TPSA) is 98.8 Å². The molecule has 7 nitrogen and oxygen atoms in total. The molecule has 0 unspecified atom stereocenters. The predicted molar refractivity (Wildman–Crippen MR) is 103 cm³/mol. The highest BCUT2D eigenvalue weighted by molar-refractivity contribution is 7.90. The third-order valence-corrected chi connectivity index (χ3v) is 5.28. The fourth-order valence-corrected chi connectivity index (χ4v) is 3.57. The van der Waals surface area contributed by atoms with Crippen LogP contribution in [0.25, 0.3) is 10.8 Å². The summed E-state index contributed by atoms with van der Waals surface area (Å²) in [6.45, 7) is -0.478. The highest BCUT2D eigenvalue weighted by Gasteiger charge is 2.19. The van der Waals surface area contributed by atoms with E-state index in [0.717, 1.165) is 16.8 Å². The van der Waals surface area contributed by atoms with Crippen LogP contribution in [0.2, 0.25) is 0 Å². The van der Waals surface area contributed by atoms with Crippen molar-refractivity contribution in [2.75, 3.05) is 13.7 Å². The summed E-state index contributed by atoms with van der Waals surface area (Å²) < 4.78 is 36.6. The molecule has 0 saturated carbocycles. The summed E-state index contributed by atoms with van der Waals surface area (Å²) in [6.07, 6.45) is 0. The van der Waals surface area contributed by atoms with Gasteiger partial charge in [0.2, 0.25) is 0 Å². The van der Waals surface area contributed by atoms with Crippen molar-refractivity contribution in [2.24, 2.45) is 0 Å². The number of esters is 1. The molecule has 0 aliphatic carbocycles. The minimum absolute atomic E-state index is 0.0604. The quantitative estimate of drug-likeness (QED) is 0.640. The number of rotatable bonds is 6. The van der Waals surface area contributed by atoms with Gasteiger partial charge in [-0.15, -0.1) is 0 Å². The zero-order valence-electron chi connectivity index (χ0n) is 14.9. The first-order valence-corrected chi connectivity index (χ1v) is 9.73. The van der Waals surface area contributed by atoms with Gasteiger partial charge in [0.1, 0.15) is 5.75 Å². The van der Waals surface area contributed by atoms with Gasteiger partial charge in [0, 0.05) is 0 Å². The van der Waals surface area contributed by atoms with Crippen molar-refractivity contribution in [2.45, 2.75) is 4.90 Å². The molecule has 144 valence electrons. The van der Waals surface area contributed by atoms with Crippen molar-refractivity contribution in [3.8, 4) is 5.75 Å². The van der Waals surface area contributed by atoms with E-state index in [2.05, 4.69) is 4.74 Å². The molecule has 1 amide bonds. The van der Waals surface area contributed by atoms with Crippen molar-refractivity contribution >= 4 is 32.7 Å². The summed E-state index contributed by atoms with van der Waals surface area (Å²) in [4.78, 5) is 23.4. The molecular weight excluding hydrogens is 382 g/mol. The molecule has 0 bridgehead atoms. The van der Waals surface area contributed by atoms with Gasteiger partial charge in [-0.2, -0.15) is 0 Å². The van der Waals surface area contributed by atoms with Crippen LogP contribution in [0.5, 0.6) is 5.75 Å². The molecule has 3 aromatic carbocycles. The fraction of sp³-hybridized carbons (Fsp3) is 0.100. The fourth-order valence-electron chi connectivity index (χ4n) is 2.55. The molecule has 8 heteroatoms. The maximum absolute atomic E-state index is 12.4. The lowest BCUT2D eigenvalue weighted by atomic mass is 10.1. The molecule has 0 aromatic heterocycles. The van der Waals surface area contributed by atoms with E-state index in [1.54, 1.807) is 12.1 Å². The summed E-state index contributed by atoms with van der Waals surface area (Å²) in [5, 5.41) is 1.96.